The summed E-state index contributed by atoms with van der Waals surface area (Å²) in [5.74, 6) is -2.75. The normalized spacial score (nSPS) is 15.8. The van der Waals surface area contributed by atoms with E-state index in [0.717, 1.165) is 29.0 Å². The van der Waals surface area contributed by atoms with Crippen molar-refractivity contribution in [3.63, 3.8) is 0 Å². The van der Waals surface area contributed by atoms with Crippen LogP contribution < -0.4 is 15.1 Å². The van der Waals surface area contributed by atoms with E-state index in [1.807, 2.05) is 0 Å². The topological polar surface area (TPSA) is 96.0 Å². The van der Waals surface area contributed by atoms with E-state index < -0.39 is 42.1 Å². The van der Waals surface area contributed by atoms with Gasteiger partial charge in [0.05, 0.1) is 12.1 Å². The molecule has 0 aliphatic carbocycles. The molecule has 1 heterocycles. The maximum Gasteiger partial charge on any atom is 0.276 e. The van der Waals surface area contributed by atoms with Crippen molar-refractivity contribution in [1.82, 2.24) is 10.4 Å². The summed E-state index contributed by atoms with van der Waals surface area (Å²) in [6.07, 6.45) is -0.325. The SMILES string of the molecule is CC(=O)N(NC(=O)COc1ccc(Cl)cc1)[C@@H]1CC(=O)N(c2ccc(F)cc2)C1=O. The number of nitrogens with one attached hydrogen (secondary N) is 1. The lowest BCUT2D eigenvalue weighted by molar-refractivity contribution is -0.146. The van der Waals surface area contributed by atoms with Gasteiger partial charge in [-0.2, -0.15) is 0 Å². The fraction of sp³-hybridized carbons (Fsp3) is 0.200. The van der Waals surface area contributed by atoms with Crippen molar-refractivity contribution in [2.24, 2.45) is 0 Å². The van der Waals surface area contributed by atoms with Crippen LogP contribution in [0.15, 0.2) is 48.5 Å². The molecule has 2 aromatic carbocycles. The maximum absolute atomic E-state index is 13.1. The molecule has 1 aliphatic heterocycles. The van der Waals surface area contributed by atoms with E-state index >= 15 is 0 Å². The molecule has 10 heteroatoms. The van der Waals surface area contributed by atoms with Crippen LogP contribution in [0.5, 0.6) is 5.75 Å². The molecule has 3 rings (SSSR count). The summed E-state index contributed by atoms with van der Waals surface area (Å²) in [7, 11) is 0. The molecular formula is C20H17ClFN3O5. The lowest BCUT2D eigenvalue weighted by Crippen LogP contribution is -2.54. The van der Waals surface area contributed by atoms with E-state index in [4.69, 9.17) is 16.3 Å². The molecule has 0 saturated carbocycles. The average Bonchev–Trinajstić information content (AvgIpc) is 3.00. The van der Waals surface area contributed by atoms with E-state index in [2.05, 4.69) is 5.43 Å². The summed E-state index contributed by atoms with van der Waals surface area (Å²) < 4.78 is 18.4. The van der Waals surface area contributed by atoms with Crippen molar-refractivity contribution in [3.05, 3.63) is 59.4 Å². The largest absolute Gasteiger partial charge is 0.484 e. The molecule has 0 bridgehead atoms. The highest BCUT2D eigenvalue weighted by molar-refractivity contribution is 6.30. The van der Waals surface area contributed by atoms with Gasteiger partial charge in [0.25, 0.3) is 11.8 Å². The Hall–Kier alpha value is -3.46. The minimum absolute atomic E-state index is 0.176. The average molecular weight is 434 g/mol. The van der Waals surface area contributed by atoms with Crippen molar-refractivity contribution in [2.75, 3.05) is 11.5 Å². The first-order valence-electron chi connectivity index (χ1n) is 8.86. The van der Waals surface area contributed by atoms with Crippen molar-refractivity contribution in [3.8, 4) is 5.75 Å². The molecule has 1 atom stereocenters. The Morgan fingerprint density at radius 1 is 1.17 bits per heavy atom. The Kier molecular flexibility index (Phi) is 6.31. The number of carbonyl (C=O) groups excluding carboxylic acids is 4. The highest BCUT2D eigenvalue weighted by atomic mass is 35.5. The summed E-state index contributed by atoms with van der Waals surface area (Å²) in [4.78, 5) is 50.2. The third-order valence-electron chi connectivity index (χ3n) is 4.29. The Morgan fingerprint density at radius 2 is 1.80 bits per heavy atom. The minimum atomic E-state index is -1.22. The third-order valence-corrected chi connectivity index (χ3v) is 4.54. The van der Waals surface area contributed by atoms with Gasteiger partial charge in [-0.3, -0.25) is 24.6 Å². The van der Waals surface area contributed by atoms with Crippen LogP contribution in [0.3, 0.4) is 0 Å². The Morgan fingerprint density at radius 3 is 2.40 bits per heavy atom. The summed E-state index contributed by atoms with van der Waals surface area (Å²) >= 11 is 5.78. The number of hydrogen-bond acceptors (Lipinski definition) is 5. The van der Waals surface area contributed by atoms with Crippen molar-refractivity contribution in [1.29, 1.82) is 0 Å². The van der Waals surface area contributed by atoms with Gasteiger partial charge in [0.1, 0.15) is 17.6 Å². The van der Waals surface area contributed by atoms with Gasteiger partial charge < -0.3 is 4.74 Å². The summed E-state index contributed by atoms with van der Waals surface area (Å²) in [5.41, 5.74) is 2.48. The van der Waals surface area contributed by atoms with E-state index in [1.54, 1.807) is 24.3 Å². The van der Waals surface area contributed by atoms with E-state index in [9.17, 15) is 23.6 Å². The fourth-order valence-corrected chi connectivity index (χ4v) is 3.03. The van der Waals surface area contributed by atoms with Crippen LogP contribution in [0.25, 0.3) is 0 Å². The van der Waals surface area contributed by atoms with Crippen LogP contribution in [0, 0.1) is 5.82 Å². The van der Waals surface area contributed by atoms with Crippen LogP contribution in [-0.4, -0.2) is 41.3 Å². The molecule has 30 heavy (non-hydrogen) atoms. The molecule has 2 aromatic rings. The third kappa shape index (κ3) is 4.74. The van der Waals surface area contributed by atoms with Crippen LogP contribution in [-0.2, 0) is 19.2 Å². The quantitative estimate of drug-likeness (QED) is 0.575. The molecule has 4 amide bonds. The Balaban J connectivity index is 1.68. The number of hydrogen-bond donors (Lipinski definition) is 1. The zero-order valence-electron chi connectivity index (χ0n) is 15.8. The smallest absolute Gasteiger partial charge is 0.276 e. The molecule has 1 fully saturated rings. The molecule has 1 saturated heterocycles. The van der Waals surface area contributed by atoms with Crippen molar-refractivity contribution < 1.29 is 28.3 Å². The zero-order valence-corrected chi connectivity index (χ0v) is 16.6. The molecule has 156 valence electrons. The number of benzene rings is 2. The Labute approximate surface area is 176 Å². The first-order valence-corrected chi connectivity index (χ1v) is 9.24. The Bertz CT molecular complexity index is 981. The highest BCUT2D eigenvalue weighted by Gasteiger charge is 2.44. The predicted octanol–water partition coefficient (Wildman–Crippen LogP) is 2.07. The summed E-state index contributed by atoms with van der Waals surface area (Å²) in [6.45, 7) is 0.723. The molecule has 0 unspecified atom stereocenters. The van der Waals surface area contributed by atoms with Crippen molar-refractivity contribution >= 4 is 40.9 Å². The second-order valence-corrected chi connectivity index (χ2v) is 6.87. The molecule has 0 spiro atoms. The predicted molar refractivity (Wildman–Crippen MR) is 105 cm³/mol. The number of rotatable bonds is 5. The summed E-state index contributed by atoms with van der Waals surface area (Å²) in [6, 6.07) is 9.88. The number of ether oxygens (including phenoxy) is 1. The van der Waals surface area contributed by atoms with Gasteiger partial charge in [-0.05, 0) is 48.5 Å². The number of halogens is 2. The van der Waals surface area contributed by atoms with Gasteiger partial charge in [-0.1, -0.05) is 11.6 Å². The van der Waals surface area contributed by atoms with Gasteiger partial charge in [0.2, 0.25) is 11.8 Å². The number of imide groups is 1. The summed E-state index contributed by atoms with van der Waals surface area (Å²) in [5, 5.41) is 1.31. The second kappa shape index (κ2) is 8.91. The first kappa shape index (κ1) is 21.3. The molecule has 8 nitrogen and oxygen atoms in total. The standard InChI is InChI=1S/C20H17ClFN3O5/c1-12(26)25(23-18(27)11-30-16-8-2-13(21)3-9-16)17-10-19(28)24(20(17)29)15-6-4-14(22)5-7-15/h2-9,17H,10-11H2,1H3,(H,23,27)/t17-/m1/s1. The van der Waals surface area contributed by atoms with Gasteiger partial charge >= 0.3 is 0 Å². The van der Waals surface area contributed by atoms with Gasteiger partial charge in [-0.25, -0.2) is 14.3 Å². The van der Waals surface area contributed by atoms with Crippen molar-refractivity contribution in [2.45, 2.75) is 19.4 Å². The van der Waals surface area contributed by atoms with E-state index in [0.29, 0.717) is 10.8 Å². The van der Waals surface area contributed by atoms with E-state index in [-0.39, 0.29) is 12.1 Å². The van der Waals surface area contributed by atoms with E-state index in [1.165, 1.54) is 12.1 Å². The van der Waals surface area contributed by atoms with Gasteiger partial charge in [-0.15, -0.1) is 0 Å². The molecule has 1 aliphatic rings. The number of carbonyl (C=O) groups is 4. The van der Waals surface area contributed by atoms with Gasteiger partial charge in [0, 0.05) is 11.9 Å². The minimum Gasteiger partial charge on any atom is -0.484 e. The zero-order chi connectivity index (χ0) is 21.8. The lowest BCUT2D eigenvalue weighted by atomic mass is 10.2. The lowest BCUT2D eigenvalue weighted by Gasteiger charge is -2.26. The molecule has 0 radical (unpaired) electrons. The molecule has 0 aromatic heterocycles. The van der Waals surface area contributed by atoms with Crippen LogP contribution in [0.1, 0.15) is 13.3 Å². The monoisotopic (exact) mass is 433 g/mol. The number of amides is 4. The van der Waals surface area contributed by atoms with Crippen LogP contribution in [0.2, 0.25) is 5.02 Å². The van der Waals surface area contributed by atoms with Gasteiger partial charge in [0.15, 0.2) is 6.61 Å². The van der Waals surface area contributed by atoms with Crippen LogP contribution >= 0.6 is 11.6 Å². The van der Waals surface area contributed by atoms with Crippen LogP contribution in [0.4, 0.5) is 10.1 Å². The first-order chi connectivity index (χ1) is 14.3. The number of nitrogens with zero attached hydrogens (tertiary/aromatic N) is 2. The fourth-order valence-electron chi connectivity index (χ4n) is 2.90. The maximum atomic E-state index is 13.1. The molecule has 1 N–H and O–H groups in total. The number of anilines is 1. The number of hydrazine groups is 1. The highest BCUT2D eigenvalue weighted by Crippen LogP contribution is 2.25. The second-order valence-electron chi connectivity index (χ2n) is 6.43. The molecular weight excluding hydrogens is 417 g/mol.